The maximum atomic E-state index is 12.8. The maximum Gasteiger partial charge on any atom is 0.258 e. The summed E-state index contributed by atoms with van der Waals surface area (Å²) in [5, 5.41) is 0.923. The fraction of sp³-hybridized carbons (Fsp3) is 0.0909. The Morgan fingerprint density at radius 1 is 1.04 bits per heavy atom. The van der Waals surface area contributed by atoms with Gasteiger partial charge in [0.25, 0.3) is 5.91 Å². The standard InChI is InChI=1S/C22H14Cl2N2O2/c1-12-8-15(26-11-14-4-2-3-5-16(14)22(26)27)10-19-20(12)28-21(25-19)13-6-7-17(23)18(24)9-13/h2-10H,11H2,1H3. The molecule has 4 aromatic rings. The van der Waals surface area contributed by atoms with Gasteiger partial charge >= 0.3 is 0 Å². The van der Waals surface area contributed by atoms with Gasteiger partial charge in [0, 0.05) is 16.8 Å². The number of rotatable bonds is 2. The van der Waals surface area contributed by atoms with Crippen LogP contribution < -0.4 is 4.90 Å². The molecular formula is C22H14Cl2N2O2. The number of aromatic nitrogens is 1. The van der Waals surface area contributed by atoms with Crippen LogP contribution in [0, 0.1) is 6.92 Å². The number of carbonyl (C=O) groups excluding carboxylic acids is 1. The second-order valence-electron chi connectivity index (χ2n) is 6.81. The van der Waals surface area contributed by atoms with E-state index in [9.17, 15) is 4.79 Å². The van der Waals surface area contributed by atoms with Crippen molar-refractivity contribution in [3.8, 4) is 11.5 Å². The number of fused-ring (bicyclic) bond motifs is 2. The van der Waals surface area contributed by atoms with E-state index in [0.717, 1.165) is 27.9 Å². The third-order valence-electron chi connectivity index (χ3n) is 4.96. The van der Waals surface area contributed by atoms with E-state index in [2.05, 4.69) is 4.98 Å². The fourth-order valence-electron chi connectivity index (χ4n) is 3.55. The van der Waals surface area contributed by atoms with Crippen LogP contribution in [0.5, 0.6) is 0 Å². The van der Waals surface area contributed by atoms with Crippen molar-refractivity contribution in [1.82, 2.24) is 4.98 Å². The first-order valence-corrected chi connectivity index (χ1v) is 9.53. The smallest absolute Gasteiger partial charge is 0.258 e. The van der Waals surface area contributed by atoms with Gasteiger partial charge in [-0.1, -0.05) is 41.4 Å². The molecule has 1 aromatic heterocycles. The maximum absolute atomic E-state index is 12.8. The topological polar surface area (TPSA) is 46.3 Å². The van der Waals surface area contributed by atoms with Crippen LogP contribution in [0.15, 0.2) is 59.0 Å². The second-order valence-corrected chi connectivity index (χ2v) is 7.62. The zero-order chi connectivity index (χ0) is 19.4. The molecule has 5 rings (SSSR count). The molecule has 0 saturated carbocycles. The molecule has 0 unspecified atom stereocenters. The Kier molecular flexibility index (Phi) is 3.93. The van der Waals surface area contributed by atoms with Crippen LogP contribution in [-0.4, -0.2) is 10.9 Å². The molecule has 2 heterocycles. The highest BCUT2D eigenvalue weighted by Crippen LogP contribution is 2.35. The molecule has 3 aromatic carbocycles. The Hall–Kier alpha value is -2.82. The zero-order valence-corrected chi connectivity index (χ0v) is 16.4. The molecule has 138 valence electrons. The molecule has 0 aliphatic carbocycles. The van der Waals surface area contributed by atoms with Crippen LogP contribution in [0.4, 0.5) is 5.69 Å². The molecule has 0 radical (unpaired) electrons. The van der Waals surface area contributed by atoms with Crippen molar-refractivity contribution in [3.05, 3.63) is 81.3 Å². The minimum atomic E-state index is 0.00236. The minimum Gasteiger partial charge on any atom is -0.436 e. The molecule has 1 amide bonds. The van der Waals surface area contributed by atoms with E-state index in [1.165, 1.54) is 0 Å². The highest BCUT2D eigenvalue weighted by atomic mass is 35.5. The van der Waals surface area contributed by atoms with Gasteiger partial charge < -0.3 is 9.32 Å². The molecule has 6 heteroatoms. The number of hydrogen-bond donors (Lipinski definition) is 0. The van der Waals surface area contributed by atoms with E-state index in [-0.39, 0.29) is 5.91 Å². The van der Waals surface area contributed by atoms with Crippen molar-refractivity contribution in [2.45, 2.75) is 13.5 Å². The third kappa shape index (κ3) is 2.68. The molecular weight excluding hydrogens is 395 g/mol. The summed E-state index contributed by atoms with van der Waals surface area (Å²) < 4.78 is 5.97. The van der Waals surface area contributed by atoms with Gasteiger partial charge in [-0.15, -0.1) is 0 Å². The van der Waals surface area contributed by atoms with Crippen molar-refractivity contribution in [2.75, 3.05) is 4.90 Å². The SMILES string of the molecule is Cc1cc(N2Cc3ccccc3C2=O)cc2nc(-c3ccc(Cl)c(Cl)c3)oc12. The predicted molar refractivity (Wildman–Crippen MR) is 111 cm³/mol. The van der Waals surface area contributed by atoms with Gasteiger partial charge in [0.15, 0.2) is 5.58 Å². The summed E-state index contributed by atoms with van der Waals surface area (Å²) in [7, 11) is 0. The first-order chi connectivity index (χ1) is 13.5. The Morgan fingerprint density at radius 3 is 2.64 bits per heavy atom. The van der Waals surface area contributed by atoms with Gasteiger partial charge in [0.05, 0.1) is 16.6 Å². The zero-order valence-electron chi connectivity index (χ0n) is 14.9. The first-order valence-electron chi connectivity index (χ1n) is 8.77. The molecule has 4 nitrogen and oxygen atoms in total. The van der Waals surface area contributed by atoms with Gasteiger partial charge in [-0.3, -0.25) is 4.79 Å². The lowest BCUT2D eigenvalue weighted by atomic mass is 10.1. The number of aryl methyl sites for hydroxylation is 1. The van der Waals surface area contributed by atoms with Crippen LogP contribution in [0.3, 0.4) is 0 Å². The highest BCUT2D eigenvalue weighted by molar-refractivity contribution is 6.42. The van der Waals surface area contributed by atoms with Crippen LogP contribution in [0.25, 0.3) is 22.6 Å². The summed E-state index contributed by atoms with van der Waals surface area (Å²) in [6.07, 6.45) is 0. The van der Waals surface area contributed by atoms with E-state index < -0.39 is 0 Å². The van der Waals surface area contributed by atoms with Crippen molar-refractivity contribution < 1.29 is 9.21 Å². The summed E-state index contributed by atoms with van der Waals surface area (Å²) in [5.41, 5.74) is 5.62. The molecule has 1 aliphatic heterocycles. The molecule has 0 spiro atoms. The van der Waals surface area contributed by atoms with E-state index >= 15 is 0 Å². The van der Waals surface area contributed by atoms with Crippen LogP contribution in [0.1, 0.15) is 21.5 Å². The summed E-state index contributed by atoms with van der Waals surface area (Å²) in [5.74, 6) is 0.465. The molecule has 0 fully saturated rings. The first kappa shape index (κ1) is 17.3. The lowest BCUT2D eigenvalue weighted by Gasteiger charge is -2.16. The Balaban J connectivity index is 1.58. The van der Waals surface area contributed by atoms with Gasteiger partial charge in [0.1, 0.15) is 5.52 Å². The average molecular weight is 409 g/mol. The normalized spacial score (nSPS) is 13.4. The highest BCUT2D eigenvalue weighted by Gasteiger charge is 2.28. The number of carbonyl (C=O) groups is 1. The molecule has 0 bridgehead atoms. The van der Waals surface area contributed by atoms with E-state index in [0.29, 0.717) is 33.6 Å². The number of hydrogen-bond acceptors (Lipinski definition) is 3. The monoisotopic (exact) mass is 408 g/mol. The number of halogens is 2. The van der Waals surface area contributed by atoms with Gasteiger partial charge in [-0.05, 0) is 54.4 Å². The average Bonchev–Trinajstić information content (AvgIpc) is 3.26. The van der Waals surface area contributed by atoms with Crippen LogP contribution in [-0.2, 0) is 6.54 Å². The second kappa shape index (κ2) is 6.36. The Morgan fingerprint density at radius 2 is 1.86 bits per heavy atom. The minimum absolute atomic E-state index is 0.00236. The van der Waals surface area contributed by atoms with Crippen molar-refractivity contribution in [2.24, 2.45) is 0 Å². The predicted octanol–water partition coefficient (Wildman–Crippen LogP) is 6.27. The van der Waals surface area contributed by atoms with Crippen molar-refractivity contribution >= 4 is 45.9 Å². The number of benzene rings is 3. The number of amides is 1. The van der Waals surface area contributed by atoms with E-state index in [1.54, 1.807) is 17.0 Å². The van der Waals surface area contributed by atoms with E-state index in [1.807, 2.05) is 49.4 Å². The largest absolute Gasteiger partial charge is 0.436 e. The van der Waals surface area contributed by atoms with Gasteiger partial charge in [0.2, 0.25) is 5.89 Å². The number of nitrogens with zero attached hydrogens (tertiary/aromatic N) is 2. The Labute approximate surface area is 171 Å². The summed E-state index contributed by atoms with van der Waals surface area (Å²) in [6.45, 7) is 2.50. The number of anilines is 1. The summed E-state index contributed by atoms with van der Waals surface area (Å²) >= 11 is 12.1. The molecule has 0 N–H and O–H groups in total. The molecule has 0 atom stereocenters. The van der Waals surface area contributed by atoms with E-state index in [4.69, 9.17) is 27.6 Å². The Bertz CT molecular complexity index is 1260. The quantitative estimate of drug-likeness (QED) is 0.392. The van der Waals surface area contributed by atoms with Crippen LogP contribution in [0.2, 0.25) is 10.0 Å². The summed E-state index contributed by atoms with van der Waals surface area (Å²) in [4.78, 5) is 19.2. The lowest BCUT2D eigenvalue weighted by molar-refractivity contribution is 0.0996. The van der Waals surface area contributed by atoms with Gasteiger partial charge in [-0.2, -0.15) is 0 Å². The molecule has 1 aliphatic rings. The number of oxazole rings is 1. The van der Waals surface area contributed by atoms with Crippen molar-refractivity contribution in [1.29, 1.82) is 0 Å². The van der Waals surface area contributed by atoms with Crippen molar-refractivity contribution in [3.63, 3.8) is 0 Å². The summed E-state index contributed by atoms with van der Waals surface area (Å²) in [6, 6.07) is 16.8. The van der Waals surface area contributed by atoms with Crippen LogP contribution >= 0.6 is 23.2 Å². The lowest BCUT2D eigenvalue weighted by Crippen LogP contribution is -2.23. The molecule has 28 heavy (non-hydrogen) atoms. The fourth-order valence-corrected chi connectivity index (χ4v) is 3.85. The van der Waals surface area contributed by atoms with Gasteiger partial charge in [-0.25, -0.2) is 4.98 Å². The third-order valence-corrected chi connectivity index (χ3v) is 5.70. The molecule has 0 saturated heterocycles.